The number of anilines is 1. The number of amides is 2. The van der Waals surface area contributed by atoms with Gasteiger partial charge in [-0.15, -0.1) is 0 Å². The minimum atomic E-state index is -0.585. The lowest BCUT2D eigenvalue weighted by Crippen LogP contribution is -2.47. The highest BCUT2D eigenvalue weighted by Gasteiger charge is 2.31. The summed E-state index contributed by atoms with van der Waals surface area (Å²) in [4.78, 5) is 19.7. The molecule has 5 rings (SSSR count). The number of nitrogens with one attached hydrogen (secondary N) is 2. The van der Waals surface area contributed by atoms with Crippen LogP contribution in [0.1, 0.15) is 49.3 Å². The summed E-state index contributed by atoms with van der Waals surface area (Å²) < 4.78 is 0. The Bertz CT molecular complexity index is 1120. The van der Waals surface area contributed by atoms with Gasteiger partial charge in [-0.2, -0.15) is 0 Å². The van der Waals surface area contributed by atoms with Crippen molar-refractivity contribution in [1.82, 2.24) is 15.2 Å². The molecule has 6 nitrogen and oxygen atoms in total. The Morgan fingerprint density at radius 3 is 2.56 bits per heavy atom. The van der Waals surface area contributed by atoms with E-state index in [9.17, 15) is 9.90 Å². The average molecular weight is 459 g/mol. The standard InChI is InChI=1S/C28H34N4O2/c33-27(31-26-20-25(22-10-11-22)30-24-9-5-4-8-23(24)26)29-16-19-32-17-14-28(34,15-18-32)13-12-21-6-2-1-3-7-21/h1-9,20,22,34H,10-19H2,(H2,29,30,31,33). The van der Waals surface area contributed by atoms with Crippen LogP contribution in [0.25, 0.3) is 10.9 Å². The molecule has 0 radical (unpaired) electrons. The number of hydrogen-bond donors (Lipinski definition) is 3. The number of likely N-dealkylation sites (tertiary alicyclic amines) is 1. The predicted molar refractivity (Wildman–Crippen MR) is 136 cm³/mol. The lowest BCUT2D eigenvalue weighted by Gasteiger charge is -2.38. The van der Waals surface area contributed by atoms with Crippen molar-refractivity contribution in [3.63, 3.8) is 0 Å². The van der Waals surface area contributed by atoms with E-state index in [2.05, 4.69) is 27.7 Å². The molecule has 2 amide bonds. The predicted octanol–water partition coefficient (Wildman–Crippen LogP) is 4.69. The molecular weight excluding hydrogens is 424 g/mol. The number of benzene rings is 2. The van der Waals surface area contributed by atoms with E-state index in [0.717, 1.165) is 67.6 Å². The number of nitrogens with zero attached hydrogens (tertiary/aromatic N) is 2. The second kappa shape index (κ2) is 10.1. The number of hydrogen-bond acceptors (Lipinski definition) is 4. The smallest absolute Gasteiger partial charge is 0.319 e. The van der Waals surface area contributed by atoms with Crippen molar-refractivity contribution < 1.29 is 9.90 Å². The summed E-state index contributed by atoms with van der Waals surface area (Å²) in [5.74, 6) is 0.527. The molecule has 6 heteroatoms. The molecular formula is C28H34N4O2. The highest BCUT2D eigenvalue weighted by Crippen LogP contribution is 2.41. The van der Waals surface area contributed by atoms with E-state index in [-0.39, 0.29) is 6.03 Å². The summed E-state index contributed by atoms with van der Waals surface area (Å²) in [5, 5.41) is 18.0. The molecule has 2 fully saturated rings. The van der Waals surface area contributed by atoms with Crippen molar-refractivity contribution >= 4 is 22.6 Å². The summed E-state index contributed by atoms with van der Waals surface area (Å²) in [7, 11) is 0. The fraction of sp³-hybridized carbons (Fsp3) is 0.429. The molecule has 1 aliphatic heterocycles. The number of piperidine rings is 1. The molecule has 0 bridgehead atoms. The first-order chi connectivity index (χ1) is 16.6. The van der Waals surface area contributed by atoms with E-state index in [1.165, 1.54) is 18.4 Å². The number of urea groups is 1. The number of aliphatic hydroxyl groups is 1. The van der Waals surface area contributed by atoms with Gasteiger partial charge in [0.1, 0.15) is 0 Å². The highest BCUT2D eigenvalue weighted by molar-refractivity contribution is 6.00. The van der Waals surface area contributed by atoms with Gasteiger partial charge in [0.15, 0.2) is 0 Å². The average Bonchev–Trinajstić information content (AvgIpc) is 3.71. The Morgan fingerprint density at radius 2 is 1.79 bits per heavy atom. The lowest BCUT2D eigenvalue weighted by atomic mass is 9.86. The van der Waals surface area contributed by atoms with E-state index in [0.29, 0.717) is 12.5 Å². The second-order valence-corrected chi connectivity index (χ2v) is 9.82. The quantitative estimate of drug-likeness (QED) is 0.458. The van der Waals surface area contributed by atoms with E-state index < -0.39 is 5.60 Å². The topological polar surface area (TPSA) is 77.5 Å². The van der Waals surface area contributed by atoms with Crippen LogP contribution in [0.3, 0.4) is 0 Å². The maximum Gasteiger partial charge on any atom is 0.319 e. The van der Waals surface area contributed by atoms with Gasteiger partial charge in [-0.25, -0.2) is 4.79 Å². The van der Waals surface area contributed by atoms with Gasteiger partial charge in [-0.3, -0.25) is 4.98 Å². The van der Waals surface area contributed by atoms with E-state index in [1.54, 1.807) is 0 Å². The largest absolute Gasteiger partial charge is 0.390 e. The molecule has 2 aliphatic rings. The number of rotatable bonds is 8. The van der Waals surface area contributed by atoms with Gasteiger partial charge < -0.3 is 20.6 Å². The van der Waals surface area contributed by atoms with Gasteiger partial charge in [0.05, 0.1) is 16.8 Å². The third-order valence-corrected chi connectivity index (χ3v) is 7.20. The van der Waals surface area contributed by atoms with Crippen LogP contribution in [0.15, 0.2) is 60.7 Å². The number of para-hydroxylation sites is 1. The minimum absolute atomic E-state index is 0.186. The Labute approximate surface area is 201 Å². The Balaban J connectivity index is 1.07. The fourth-order valence-corrected chi connectivity index (χ4v) is 4.85. The molecule has 3 aromatic rings. The van der Waals surface area contributed by atoms with Gasteiger partial charge in [0.2, 0.25) is 0 Å². The van der Waals surface area contributed by atoms with Crippen molar-refractivity contribution in [2.75, 3.05) is 31.5 Å². The number of carbonyl (C=O) groups is 1. The van der Waals surface area contributed by atoms with Crippen LogP contribution < -0.4 is 10.6 Å². The second-order valence-electron chi connectivity index (χ2n) is 9.82. The third kappa shape index (κ3) is 5.75. The van der Waals surface area contributed by atoms with E-state index in [1.807, 2.05) is 48.5 Å². The van der Waals surface area contributed by atoms with Gasteiger partial charge in [-0.1, -0.05) is 48.5 Å². The van der Waals surface area contributed by atoms with Crippen LogP contribution in [0.5, 0.6) is 0 Å². The number of carbonyl (C=O) groups excluding carboxylic acids is 1. The van der Waals surface area contributed by atoms with Crippen molar-refractivity contribution in [3.8, 4) is 0 Å². The first-order valence-corrected chi connectivity index (χ1v) is 12.5. The highest BCUT2D eigenvalue weighted by atomic mass is 16.3. The fourth-order valence-electron chi connectivity index (χ4n) is 4.85. The molecule has 1 saturated carbocycles. The van der Waals surface area contributed by atoms with Crippen molar-refractivity contribution in [2.24, 2.45) is 0 Å². The Morgan fingerprint density at radius 1 is 1.06 bits per heavy atom. The molecule has 2 aromatic carbocycles. The van der Waals surface area contributed by atoms with Crippen LogP contribution in [-0.2, 0) is 6.42 Å². The molecule has 1 aliphatic carbocycles. The zero-order valence-electron chi connectivity index (χ0n) is 19.7. The lowest BCUT2D eigenvalue weighted by molar-refractivity contribution is -0.0268. The molecule has 0 unspecified atom stereocenters. The first kappa shape index (κ1) is 22.8. The number of aromatic nitrogens is 1. The molecule has 34 heavy (non-hydrogen) atoms. The van der Waals surface area contributed by atoms with Gasteiger partial charge in [-0.05, 0) is 56.2 Å². The molecule has 0 spiro atoms. The van der Waals surface area contributed by atoms with Crippen LogP contribution in [0, 0.1) is 0 Å². The molecule has 2 heterocycles. The number of pyridine rings is 1. The van der Waals surface area contributed by atoms with Gasteiger partial charge in [0, 0.05) is 43.2 Å². The number of aryl methyl sites for hydroxylation is 1. The van der Waals surface area contributed by atoms with Crippen molar-refractivity contribution in [2.45, 2.75) is 50.0 Å². The van der Waals surface area contributed by atoms with Gasteiger partial charge >= 0.3 is 6.03 Å². The monoisotopic (exact) mass is 458 g/mol. The van der Waals surface area contributed by atoms with Crippen LogP contribution in [0.2, 0.25) is 0 Å². The summed E-state index contributed by atoms with van der Waals surface area (Å²) >= 11 is 0. The maximum atomic E-state index is 12.6. The molecule has 1 aromatic heterocycles. The van der Waals surface area contributed by atoms with Crippen molar-refractivity contribution in [1.29, 1.82) is 0 Å². The Hall–Kier alpha value is -2.96. The van der Waals surface area contributed by atoms with Gasteiger partial charge in [0.25, 0.3) is 0 Å². The molecule has 178 valence electrons. The zero-order chi connectivity index (χ0) is 23.4. The normalized spacial score (nSPS) is 18.0. The van der Waals surface area contributed by atoms with E-state index in [4.69, 9.17) is 4.98 Å². The maximum absolute atomic E-state index is 12.6. The van der Waals surface area contributed by atoms with Crippen LogP contribution in [0.4, 0.5) is 10.5 Å². The summed E-state index contributed by atoms with van der Waals surface area (Å²) in [6, 6.07) is 20.2. The first-order valence-electron chi connectivity index (χ1n) is 12.5. The third-order valence-electron chi connectivity index (χ3n) is 7.20. The molecule has 1 saturated heterocycles. The Kier molecular flexibility index (Phi) is 6.79. The molecule has 0 atom stereocenters. The van der Waals surface area contributed by atoms with Crippen LogP contribution in [-0.4, -0.2) is 52.8 Å². The summed E-state index contributed by atoms with van der Waals surface area (Å²) in [6.45, 7) is 3.07. The zero-order valence-corrected chi connectivity index (χ0v) is 19.7. The minimum Gasteiger partial charge on any atom is -0.390 e. The number of fused-ring (bicyclic) bond motifs is 1. The SMILES string of the molecule is O=C(NCCN1CCC(O)(CCc2ccccc2)CC1)Nc1cc(C2CC2)nc2ccccc12. The van der Waals surface area contributed by atoms with Crippen LogP contribution >= 0.6 is 0 Å². The molecule has 3 N–H and O–H groups in total. The summed E-state index contributed by atoms with van der Waals surface area (Å²) in [5.41, 5.74) is 3.52. The van der Waals surface area contributed by atoms with Crippen molar-refractivity contribution in [3.05, 3.63) is 71.9 Å². The van der Waals surface area contributed by atoms with E-state index >= 15 is 0 Å². The summed E-state index contributed by atoms with van der Waals surface area (Å²) in [6.07, 6.45) is 5.61.